The van der Waals surface area contributed by atoms with Crippen LogP contribution in [0.3, 0.4) is 0 Å². The molecule has 0 aromatic heterocycles. The van der Waals surface area contributed by atoms with Crippen molar-refractivity contribution in [2.45, 2.75) is 38.0 Å². The summed E-state index contributed by atoms with van der Waals surface area (Å²) < 4.78 is 15.6. The lowest BCUT2D eigenvalue weighted by atomic mass is 10.2. The van der Waals surface area contributed by atoms with E-state index in [9.17, 15) is 4.21 Å². The number of benzene rings is 1. The molecule has 0 amide bonds. The molecule has 1 aromatic carbocycles. The van der Waals surface area contributed by atoms with E-state index in [0.29, 0.717) is 0 Å². The molecule has 0 spiro atoms. The molecule has 1 rings (SSSR count). The summed E-state index contributed by atoms with van der Waals surface area (Å²) in [5.41, 5.74) is 1.17. The molecule has 0 radical (unpaired) electrons. The minimum absolute atomic E-state index is 0.772. The second-order valence-corrected chi connectivity index (χ2v) is 4.67. The standard InChI is InChI=1S/C12H17NOS/c1-3-4-5-10-13-15(14)12-8-6-11(2)7-9-12/h6-10H,3-5H2,1-2H3/b13-10+. The monoisotopic (exact) mass is 223 g/mol. The van der Waals surface area contributed by atoms with Crippen LogP contribution in [0.2, 0.25) is 0 Å². The van der Waals surface area contributed by atoms with Crippen molar-refractivity contribution in [2.75, 3.05) is 0 Å². The van der Waals surface area contributed by atoms with Gasteiger partial charge in [-0.25, -0.2) is 4.21 Å². The van der Waals surface area contributed by atoms with Crippen molar-refractivity contribution < 1.29 is 4.21 Å². The molecule has 1 unspecified atom stereocenters. The average Bonchev–Trinajstić information content (AvgIpc) is 2.25. The third kappa shape index (κ3) is 4.38. The van der Waals surface area contributed by atoms with E-state index in [1.54, 1.807) is 6.21 Å². The van der Waals surface area contributed by atoms with Crippen molar-refractivity contribution in [1.29, 1.82) is 0 Å². The minimum atomic E-state index is -1.23. The van der Waals surface area contributed by atoms with Crippen LogP contribution in [0.25, 0.3) is 0 Å². The van der Waals surface area contributed by atoms with Gasteiger partial charge in [0.2, 0.25) is 0 Å². The second kappa shape index (κ2) is 6.51. The molecular weight excluding hydrogens is 206 g/mol. The van der Waals surface area contributed by atoms with E-state index in [1.807, 2.05) is 31.2 Å². The summed E-state index contributed by atoms with van der Waals surface area (Å²) in [6.07, 6.45) is 4.92. The molecule has 0 N–H and O–H groups in total. The summed E-state index contributed by atoms with van der Waals surface area (Å²) in [7, 11) is -1.23. The lowest BCUT2D eigenvalue weighted by Gasteiger charge is -1.96. The largest absolute Gasteiger partial charge is 0.230 e. The number of nitrogens with zero attached hydrogens (tertiary/aromatic N) is 1. The molecule has 0 fully saturated rings. The Kier molecular flexibility index (Phi) is 5.26. The van der Waals surface area contributed by atoms with Gasteiger partial charge in [-0.15, -0.1) is 0 Å². The van der Waals surface area contributed by atoms with Crippen molar-refractivity contribution in [3.05, 3.63) is 29.8 Å². The van der Waals surface area contributed by atoms with Crippen molar-refractivity contribution >= 4 is 17.2 Å². The Morgan fingerprint density at radius 1 is 1.33 bits per heavy atom. The molecule has 15 heavy (non-hydrogen) atoms. The first-order valence-corrected chi connectivity index (χ1v) is 6.36. The Morgan fingerprint density at radius 3 is 2.60 bits per heavy atom. The smallest absolute Gasteiger partial charge is 0.172 e. The van der Waals surface area contributed by atoms with Gasteiger partial charge >= 0.3 is 0 Å². The zero-order valence-corrected chi connectivity index (χ0v) is 10.1. The van der Waals surface area contributed by atoms with Crippen LogP contribution < -0.4 is 0 Å². The van der Waals surface area contributed by atoms with Gasteiger partial charge < -0.3 is 0 Å². The van der Waals surface area contributed by atoms with Crippen LogP contribution in [0.15, 0.2) is 33.6 Å². The quantitative estimate of drug-likeness (QED) is 0.556. The fourth-order valence-corrected chi connectivity index (χ4v) is 1.86. The molecule has 0 aliphatic heterocycles. The fourth-order valence-electron chi connectivity index (χ4n) is 1.13. The maximum absolute atomic E-state index is 11.6. The van der Waals surface area contributed by atoms with E-state index < -0.39 is 11.0 Å². The summed E-state index contributed by atoms with van der Waals surface area (Å²) in [6, 6.07) is 7.63. The van der Waals surface area contributed by atoms with Gasteiger partial charge in [0.15, 0.2) is 11.0 Å². The zero-order valence-electron chi connectivity index (χ0n) is 9.27. The predicted molar refractivity (Wildman–Crippen MR) is 65.6 cm³/mol. The number of aryl methyl sites for hydroxylation is 1. The Hall–Kier alpha value is -0.960. The highest BCUT2D eigenvalue weighted by atomic mass is 32.2. The second-order valence-electron chi connectivity index (χ2n) is 3.49. The van der Waals surface area contributed by atoms with Crippen LogP contribution in [0.4, 0.5) is 0 Å². The SMILES string of the molecule is CCCC/C=N/S(=O)c1ccc(C)cc1. The minimum Gasteiger partial charge on any atom is -0.230 e. The van der Waals surface area contributed by atoms with Crippen LogP contribution in [0.1, 0.15) is 31.7 Å². The Balaban J connectivity index is 2.53. The molecule has 82 valence electrons. The summed E-state index contributed by atoms with van der Waals surface area (Å²) in [6.45, 7) is 4.14. The van der Waals surface area contributed by atoms with Gasteiger partial charge in [-0.2, -0.15) is 4.40 Å². The van der Waals surface area contributed by atoms with Gasteiger partial charge in [0.05, 0.1) is 4.90 Å². The van der Waals surface area contributed by atoms with Gasteiger partial charge in [-0.05, 0) is 31.9 Å². The van der Waals surface area contributed by atoms with Crippen molar-refractivity contribution in [2.24, 2.45) is 4.40 Å². The number of unbranched alkanes of at least 4 members (excludes halogenated alkanes) is 2. The van der Waals surface area contributed by atoms with Gasteiger partial charge in [-0.1, -0.05) is 31.0 Å². The Morgan fingerprint density at radius 2 is 2.00 bits per heavy atom. The summed E-state index contributed by atoms with van der Waals surface area (Å²) in [4.78, 5) is 0.772. The van der Waals surface area contributed by atoms with Crippen LogP contribution >= 0.6 is 0 Å². The zero-order chi connectivity index (χ0) is 11.1. The molecule has 0 heterocycles. The third-order valence-electron chi connectivity index (χ3n) is 2.08. The number of hydrogen-bond acceptors (Lipinski definition) is 1. The van der Waals surface area contributed by atoms with Crippen LogP contribution in [0, 0.1) is 6.92 Å². The predicted octanol–water partition coefficient (Wildman–Crippen LogP) is 3.28. The number of rotatable bonds is 5. The van der Waals surface area contributed by atoms with E-state index in [1.165, 1.54) is 5.56 Å². The molecule has 0 bridgehead atoms. The van der Waals surface area contributed by atoms with Gasteiger partial charge in [0.25, 0.3) is 0 Å². The molecule has 0 aliphatic carbocycles. The van der Waals surface area contributed by atoms with Crippen LogP contribution in [0.5, 0.6) is 0 Å². The third-order valence-corrected chi connectivity index (χ3v) is 3.10. The maximum atomic E-state index is 11.6. The van der Waals surface area contributed by atoms with E-state index in [-0.39, 0.29) is 0 Å². The highest BCUT2D eigenvalue weighted by molar-refractivity contribution is 7.83. The van der Waals surface area contributed by atoms with Gasteiger partial charge in [0, 0.05) is 6.21 Å². The molecule has 0 aliphatic rings. The molecule has 1 aromatic rings. The van der Waals surface area contributed by atoms with Gasteiger partial charge in [-0.3, -0.25) is 0 Å². The molecule has 1 atom stereocenters. The van der Waals surface area contributed by atoms with Crippen LogP contribution in [-0.4, -0.2) is 10.4 Å². The maximum Gasteiger partial charge on any atom is 0.172 e. The lowest BCUT2D eigenvalue weighted by Crippen LogP contribution is -1.88. The first-order chi connectivity index (χ1) is 7.24. The molecule has 0 saturated heterocycles. The first kappa shape index (κ1) is 12.1. The van der Waals surface area contributed by atoms with Crippen LogP contribution in [-0.2, 0) is 11.0 Å². The number of hydrogen-bond donors (Lipinski definition) is 0. The van der Waals surface area contributed by atoms with Crippen molar-refractivity contribution in [3.8, 4) is 0 Å². The van der Waals surface area contributed by atoms with E-state index >= 15 is 0 Å². The molecule has 3 heteroatoms. The topological polar surface area (TPSA) is 29.4 Å². The Bertz CT molecular complexity index is 343. The molecule has 2 nitrogen and oxygen atoms in total. The van der Waals surface area contributed by atoms with E-state index in [0.717, 1.165) is 24.2 Å². The highest BCUT2D eigenvalue weighted by Gasteiger charge is 1.98. The molecule has 0 saturated carbocycles. The summed E-state index contributed by atoms with van der Waals surface area (Å²) >= 11 is 0. The Labute approximate surface area is 94.0 Å². The molecular formula is C12H17NOS. The first-order valence-electron chi connectivity index (χ1n) is 5.25. The fraction of sp³-hybridized carbons (Fsp3) is 0.417. The van der Waals surface area contributed by atoms with Crippen molar-refractivity contribution in [1.82, 2.24) is 0 Å². The normalized spacial score (nSPS) is 13.2. The van der Waals surface area contributed by atoms with E-state index in [4.69, 9.17) is 0 Å². The van der Waals surface area contributed by atoms with E-state index in [2.05, 4.69) is 11.3 Å². The lowest BCUT2D eigenvalue weighted by molar-refractivity contribution is 0.684. The average molecular weight is 223 g/mol. The van der Waals surface area contributed by atoms with Gasteiger partial charge in [0.1, 0.15) is 0 Å². The van der Waals surface area contributed by atoms with Crippen molar-refractivity contribution in [3.63, 3.8) is 0 Å². The summed E-state index contributed by atoms with van der Waals surface area (Å²) in [5, 5.41) is 0. The summed E-state index contributed by atoms with van der Waals surface area (Å²) in [5.74, 6) is 0. The highest BCUT2D eigenvalue weighted by Crippen LogP contribution is 2.08.